The maximum absolute atomic E-state index is 13.4. The van der Waals surface area contributed by atoms with Crippen LogP contribution in [0.15, 0.2) is 30.3 Å². The van der Waals surface area contributed by atoms with Gasteiger partial charge in [-0.25, -0.2) is 9.59 Å². The predicted molar refractivity (Wildman–Crippen MR) is 144 cm³/mol. The molecule has 0 radical (unpaired) electrons. The molecule has 4 N–H and O–H groups in total. The maximum Gasteiger partial charge on any atom is 0.410 e. The normalized spacial score (nSPS) is 17.1. The van der Waals surface area contributed by atoms with E-state index < -0.39 is 53.1 Å². The summed E-state index contributed by atoms with van der Waals surface area (Å²) in [5.41, 5.74) is 4.59. The second kappa shape index (κ2) is 13.4. The fourth-order valence-electron chi connectivity index (χ4n) is 4.00. The SMILES string of the molecule is CC(C)(C)OC(=O)C(CCC(N)=O)NC(=O)[C@H](Cc1ccccc1)NC(=O)C1CCN(C(=O)OC(C)(C)C)C1. The molecule has 1 saturated heterocycles. The van der Waals surface area contributed by atoms with E-state index in [0.29, 0.717) is 13.0 Å². The van der Waals surface area contributed by atoms with Gasteiger partial charge < -0.3 is 30.7 Å². The molecular weight excluding hydrogens is 504 g/mol. The van der Waals surface area contributed by atoms with Crippen LogP contribution in [0.25, 0.3) is 0 Å². The topological polar surface area (TPSA) is 157 Å². The largest absolute Gasteiger partial charge is 0.458 e. The monoisotopic (exact) mass is 546 g/mol. The molecule has 11 nitrogen and oxygen atoms in total. The Balaban J connectivity index is 2.17. The molecule has 3 atom stereocenters. The van der Waals surface area contributed by atoms with E-state index in [2.05, 4.69) is 10.6 Å². The Kier molecular flexibility index (Phi) is 10.9. The Morgan fingerprint density at radius 3 is 2.13 bits per heavy atom. The summed E-state index contributed by atoms with van der Waals surface area (Å²) >= 11 is 0. The van der Waals surface area contributed by atoms with Crippen LogP contribution in [0.3, 0.4) is 0 Å². The van der Waals surface area contributed by atoms with Gasteiger partial charge in [0.15, 0.2) is 0 Å². The zero-order valence-electron chi connectivity index (χ0n) is 23.7. The van der Waals surface area contributed by atoms with Crippen LogP contribution in [0.4, 0.5) is 4.79 Å². The summed E-state index contributed by atoms with van der Waals surface area (Å²) in [6.45, 7) is 10.9. The van der Waals surface area contributed by atoms with Crippen molar-refractivity contribution < 1.29 is 33.4 Å². The van der Waals surface area contributed by atoms with Crippen molar-refractivity contribution in [2.75, 3.05) is 13.1 Å². The molecule has 1 aliphatic heterocycles. The van der Waals surface area contributed by atoms with Gasteiger partial charge in [0.05, 0.1) is 5.92 Å². The maximum atomic E-state index is 13.4. The summed E-state index contributed by atoms with van der Waals surface area (Å²) in [5.74, 6) is -2.84. The molecular formula is C28H42N4O7. The Labute approximate surface area is 230 Å². The van der Waals surface area contributed by atoms with Crippen molar-refractivity contribution in [2.24, 2.45) is 11.7 Å². The zero-order valence-corrected chi connectivity index (χ0v) is 23.7. The third kappa shape index (κ3) is 11.3. The minimum Gasteiger partial charge on any atom is -0.458 e. The average Bonchev–Trinajstić information content (AvgIpc) is 3.30. The summed E-state index contributed by atoms with van der Waals surface area (Å²) in [4.78, 5) is 64.7. The fraction of sp³-hybridized carbons (Fsp3) is 0.607. The number of primary amides is 1. The van der Waals surface area contributed by atoms with E-state index in [1.54, 1.807) is 41.5 Å². The van der Waals surface area contributed by atoms with Gasteiger partial charge in [0, 0.05) is 25.9 Å². The Bertz CT molecular complexity index is 1030. The Hall–Kier alpha value is -3.63. The molecule has 0 aromatic heterocycles. The average molecular weight is 547 g/mol. The lowest BCUT2D eigenvalue weighted by molar-refractivity contribution is -0.159. The highest BCUT2D eigenvalue weighted by Crippen LogP contribution is 2.20. The molecule has 1 aliphatic rings. The number of likely N-dealkylation sites (tertiary alicyclic amines) is 1. The summed E-state index contributed by atoms with van der Waals surface area (Å²) < 4.78 is 10.8. The summed E-state index contributed by atoms with van der Waals surface area (Å²) in [6.07, 6.45) is -0.0920. The molecule has 39 heavy (non-hydrogen) atoms. The van der Waals surface area contributed by atoms with Gasteiger partial charge in [-0.3, -0.25) is 14.4 Å². The van der Waals surface area contributed by atoms with Crippen molar-refractivity contribution in [3.8, 4) is 0 Å². The van der Waals surface area contributed by atoms with Crippen LogP contribution >= 0.6 is 0 Å². The standard InChI is InChI=1S/C28H42N4O7/c1-27(2,3)38-25(36)20(12-13-22(29)33)30-24(35)21(16-18-10-8-7-9-11-18)31-23(34)19-14-15-32(17-19)26(37)39-28(4,5)6/h7-11,19-21H,12-17H2,1-6H3,(H2,29,33)(H,30,35)(H,31,34)/t19?,20?,21-/m0/s1. The second-order valence-corrected chi connectivity index (χ2v) is 11.8. The number of carbonyl (C=O) groups is 5. The molecule has 216 valence electrons. The van der Waals surface area contributed by atoms with Gasteiger partial charge in [-0.15, -0.1) is 0 Å². The molecule has 4 amide bonds. The minimum atomic E-state index is -1.13. The van der Waals surface area contributed by atoms with Crippen molar-refractivity contribution in [3.63, 3.8) is 0 Å². The quantitative estimate of drug-likeness (QED) is 0.379. The number of carbonyl (C=O) groups excluding carboxylic acids is 5. The van der Waals surface area contributed by atoms with Crippen LogP contribution in [0.5, 0.6) is 0 Å². The van der Waals surface area contributed by atoms with Crippen LogP contribution in [-0.4, -0.2) is 71.1 Å². The Morgan fingerprint density at radius 2 is 1.56 bits per heavy atom. The summed E-state index contributed by atoms with van der Waals surface area (Å²) in [5, 5.41) is 5.44. The second-order valence-electron chi connectivity index (χ2n) is 11.8. The number of nitrogens with zero attached hydrogens (tertiary/aromatic N) is 1. The lowest BCUT2D eigenvalue weighted by atomic mass is 10.0. The molecule has 1 heterocycles. The molecule has 2 rings (SSSR count). The molecule has 1 aromatic rings. The Morgan fingerprint density at radius 1 is 0.949 bits per heavy atom. The predicted octanol–water partition coefficient (Wildman–Crippen LogP) is 2.06. The van der Waals surface area contributed by atoms with Crippen LogP contribution < -0.4 is 16.4 Å². The third-order valence-electron chi connectivity index (χ3n) is 5.81. The van der Waals surface area contributed by atoms with E-state index >= 15 is 0 Å². The van der Waals surface area contributed by atoms with Gasteiger partial charge in [0.1, 0.15) is 23.3 Å². The van der Waals surface area contributed by atoms with Crippen molar-refractivity contribution in [1.29, 1.82) is 0 Å². The van der Waals surface area contributed by atoms with Crippen LogP contribution in [0.1, 0.15) is 66.4 Å². The van der Waals surface area contributed by atoms with Gasteiger partial charge in [0.25, 0.3) is 0 Å². The number of hydrogen-bond donors (Lipinski definition) is 3. The molecule has 2 unspecified atom stereocenters. The van der Waals surface area contributed by atoms with E-state index in [4.69, 9.17) is 15.2 Å². The van der Waals surface area contributed by atoms with Crippen molar-refractivity contribution >= 4 is 29.8 Å². The van der Waals surface area contributed by atoms with Gasteiger partial charge in [0.2, 0.25) is 17.7 Å². The first-order valence-electron chi connectivity index (χ1n) is 13.2. The van der Waals surface area contributed by atoms with Gasteiger partial charge in [-0.1, -0.05) is 30.3 Å². The smallest absolute Gasteiger partial charge is 0.410 e. The number of esters is 1. The van der Waals surface area contributed by atoms with Gasteiger partial charge in [-0.05, 0) is 59.9 Å². The first-order chi connectivity index (χ1) is 18.0. The van der Waals surface area contributed by atoms with E-state index in [1.807, 2.05) is 30.3 Å². The molecule has 0 bridgehead atoms. The number of ether oxygens (including phenoxy) is 2. The van der Waals surface area contributed by atoms with Crippen LogP contribution in [0.2, 0.25) is 0 Å². The highest BCUT2D eigenvalue weighted by atomic mass is 16.6. The minimum absolute atomic E-state index is 0.0462. The molecule has 1 fully saturated rings. The van der Waals surface area contributed by atoms with E-state index in [1.165, 1.54) is 4.90 Å². The van der Waals surface area contributed by atoms with Crippen molar-refractivity contribution in [3.05, 3.63) is 35.9 Å². The first kappa shape index (κ1) is 31.6. The third-order valence-corrected chi connectivity index (χ3v) is 5.81. The van der Waals surface area contributed by atoms with Crippen molar-refractivity contribution in [2.45, 2.75) is 90.5 Å². The van der Waals surface area contributed by atoms with Crippen LogP contribution in [-0.2, 0) is 35.1 Å². The molecule has 11 heteroatoms. The van der Waals surface area contributed by atoms with E-state index in [9.17, 15) is 24.0 Å². The number of amides is 4. The number of rotatable bonds is 10. The van der Waals surface area contributed by atoms with E-state index in [0.717, 1.165) is 5.56 Å². The number of nitrogens with one attached hydrogen (secondary N) is 2. The summed E-state index contributed by atoms with van der Waals surface area (Å²) in [6, 6.07) is 6.97. The van der Waals surface area contributed by atoms with Gasteiger partial charge in [-0.2, -0.15) is 0 Å². The van der Waals surface area contributed by atoms with Crippen molar-refractivity contribution in [1.82, 2.24) is 15.5 Å². The first-order valence-corrected chi connectivity index (χ1v) is 13.2. The highest BCUT2D eigenvalue weighted by Gasteiger charge is 2.36. The fourth-order valence-corrected chi connectivity index (χ4v) is 4.00. The summed E-state index contributed by atoms with van der Waals surface area (Å²) in [7, 11) is 0. The molecule has 0 spiro atoms. The van der Waals surface area contributed by atoms with Gasteiger partial charge >= 0.3 is 12.1 Å². The molecule has 1 aromatic carbocycles. The molecule has 0 saturated carbocycles. The zero-order chi connectivity index (χ0) is 29.4. The lowest BCUT2D eigenvalue weighted by Gasteiger charge is -2.27. The van der Waals surface area contributed by atoms with Crippen LogP contribution in [0, 0.1) is 5.92 Å². The number of nitrogens with two attached hydrogens (primary N) is 1. The molecule has 0 aliphatic carbocycles. The lowest BCUT2D eigenvalue weighted by Crippen LogP contribution is -2.54. The highest BCUT2D eigenvalue weighted by molar-refractivity contribution is 5.92. The number of benzene rings is 1. The number of hydrogen-bond acceptors (Lipinski definition) is 7. The van der Waals surface area contributed by atoms with E-state index in [-0.39, 0.29) is 31.7 Å².